The number of hydrogen-bond donors (Lipinski definition) is 3. The van der Waals surface area contributed by atoms with Crippen molar-refractivity contribution >= 4 is 5.96 Å². The number of aliphatic hydroxyl groups is 1. The van der Waals surface area contributed by atoms with Crippen LogP contribution in [-0.2, 0) is 16.0 Å². The first-order chi connectivity index (χ1) is 14.2. The van der Waals surface area contributed by atoms with Crippen LogP contribution in [0.5, 0.6) is 5.75 Å². The molecule has 0 aromatic heterocycles. The molecule has 164 valence electrons. The molecule has 1 aliphatic rings. The summed E-state index contributed by atoms with van der Waals surface area (Å²) in [6.45, 7) is 9.01. The summed E-state index contributed by atoms with van der Waals surface area (Å²) in [6.07, 6.45) is 0.428. The highest BCUT2D eigenvalue weighted by Gasteiger charge is 2.15. The molecule has 1 heterocycles. The molecule has 2 rings (SSSR count). The van der Waals surface area contributed by atoms with Crippen molar-refractivity contribution in [2.45, 2.75) is 26.0 Å². The van der Waals surface area contributed by atoms with Crippen molar-refractivity contribution in [2.75, 3.05) is 66.3 Å². The average Bonchev–Trinajstić information content (AvgIpc) is 2.76. The van der Waals surface area contributed by atoms with Crippen LogP contribution in [0.4, 0.5) is 0 Å². The summed E-state index contributed by atoms with van der Waals surface area (Å²) in [6, 6.07) is 7.86. The van der Waals surface area contributed by atoms with E-state index in [0.29, 0.717) is 25.6 Å². The Morgan fingerprint density at radius 1 is 1.24 bits per heavy atom. The van der Waals surface area contributed by atoms with Gasteiger partial charge in [0.25, 0.3) is 0 Å². The first-order valence-corrected chi connectivity index (χ1v) is 10.4. The van der Waals surface area contributed by atoms with E-state index >= 15 is 0 Å². The molecule has 0 amide bonds. The van der Waals surface area contributed by atoms with E-state index in [4.69, 9.17) is 14.2 Å². The Kier molecular flexibility index (Phi) is 11.4. The Morgan fingerprint density at radius 2 is 2.00 bits per heavy atom. The van der Waals surface area contributed by atoms with Crippen molar-refractivity contribution in [1.29, 1.82) is 0 Å². The number of aliphatic imine (C=N–C) groups is 1. The molecule has 1 aromatic carbocycles. The second-order valence-electron chi connectivity index (χ2n) is 6.94. The maximum absolute atomic E-state index is 10.4. The van der Waals surface area contributed by atoms with Gasteiger partial charge in [0.1, 0.15) is 5.75 Å². The minimum Gasteiger partial charge on any atom is -0.497 e. The summed E-state index contributed by atoms with van der Waals surface area (Å²) in [7, 11) is 1.66. The summed E-state index contributed by atoms with van der Waals surface area (Å²) in [4.78, 5) is 6.88. The van der Waals surface area contributed by atoms with Crippen LogP contribution in [-0.4, -0.2) is 88.3 Å². The van der Waals surface area contributed by atoms with Crippen molar-refractivity contribution in [3.05, 3.63) is 29.8 Å². The predicted molar refractivity (Wildman–Crippen MR) is 115 cm³/mol. The zero-order valence-electron chi connectivity index (χ0n) is 17.7. The van der Waals surface area contributed by atoms with E-state index in [-0.39, 0.29) is 0 Å². The van der Waals surface area contributed by atoms with Crippen molar-refractivity contribution < 1.29 is 19.3 Å². The van der Waals surface area contributed by atoms with Crippen LogP contribution < -0.4 is 15.4 Å². The van der Waals surface area contributed by atoms with Crippen molar-refractivity contribution in [3.8, 4) is 5.75 Å². The lowest BCUT2D eigenvalue weighted by molar-refractivity contribution is 0.0156. The molecule has 1 aromatic rings. The molecule has 3 N–H and O–H groups in total. The van der Waals surface area contributed by atoms with Crippen molar-refractivity contribution in [1.82, 2.24) is 15.5 Å². The standard InChI is InChI=1S/C21H36N4O4/c1-3-28-12-4-9-22-21(23-15-18-5-7-20(27-2)8-6-18)24-16-19(26)17-25-10-13-29-14-11-25/h5-8,19,26H,3-4,9-17H2,1-2H3,(H2,22,23,24). The Balaban J connectivity index is 1.83. The second-order valence-corrected chi connectivity index (χ2v) is 6.94. The number of guanidine groups is 1. The van der Waals surface area contributed by atoms with Gasteiger partial charge in [-0.2, -0.15) is 0 Å². The highest BCUT2D eigenvalue weighted by Crippen LogP contribution is 2.11. The van der Waals surface area contributed by atoms with Crippen LogP contribution in [0.15, 0.2) is 29.3 Å². The normalized spacial score (nSPS) is 16.4. The molecule has 0 aliphatic carbocycles. The van der Waals surface area contributed by atoms with Gasteiger partial charge < -0.3 is 30.0 Å². The predicted octanol–water partition coefficient (Wildman–Crippen LogP) is 0.850. The molecule has 1 fully saturated rings. The Morgan fingerprint density at radius 3 is 2.69 bits per heavy atom. The number of rotatable bonds is 12. The van der Waals surface area contributed by atoms with Crippen LogP contribution in [0.2, 0.25) is 0 Å². The number of ether oxygens (including phenoxy) is 3. The highest BCUT2D eigenvalue weighted by molar-refractivity contribution is 5.79. The SMILES string of the molecule is CCOCCCNC(=NCc1ccc(OC)cc1)NCC(O)CN1CCOCC1. The lowest BCUT2D eigenvalue weighted by Gasteiger charge is -2.28. The van der Waals surface area contributed by atoms with E-state index in [9.17, 15) is 5.11 Å². The van der Waals surface area contributed by atoms with Gasteiger partial charge in [0.15, 0.2) is 5.96 Å². The van der Waals surface area contributed by atoms with Gasteiger partial charge >= 0.3 is 0 Å². The van der Waals surface area contributed by atoms with Crippen LogP contribution in [0.25, 0.3) is 0 Å². The topological polar surface area (TPSA) is 87.6 Å². The molecule has 0 saturated carbocycles. The third-order valence-electron chi connectivity index (χ3n) is 4.62. The van der Waals surface area contributed by atoms with Gasteiger partial charge in [-0.25, -0.2) is 4.99 Å². The average molecular weight is 409 g/mol. The molecule has 1 unspecified atom stereocenters. The summed E-state index contributed by atoms with van der Waals surface area (Å²) >= 11 is 0. The zero-order chi connectivity index (χ0) is 20.7. The number of β-amino-alcohol motifs (C(OH)–C–C–N with tert-alkyl or cyclic N) is 1. The first kappa shape index (κ1) is 23.4. The van der Waals surface area contributed by atoms with Crippen molar-refractivity contribution in [2.24, 2.45) is 4.99 Å². The fourth-order valence-electron chi connectivity index (χ4n) is 2.96. The van der Waals surface area contributed by atoms with Crippen LogP contribution >= 0.6 is 0 Å². The third-order valence-corrected chi connectivity index (χ3v) is 4.62. The summed E-state index contributed by atoms with van der Waals surface area (Å²) in [5.41, 5.74) is 1.09. The fourth-order valence-corrected chi connectivity index (χ4v) is 2.96. The van der Waals surface area contributed by atoms with Gasteiger partial charge in [-0.3, -0.25) is 4.90 Å². The number of morpholine rings is 1. The van der Waals surface area contributed by atoms with Crippen molar-refractivity contribution in [3.63, 3.8) is 0 Å². The van der Waals surface area contributed by atoms with Gasteiger partial charge in [0.2, 0.25) is 0 Å². The van der Waals surface area contributed by atoms with Crippen LogP contribution in [0, 0.1) is 0 Å². The lowest BCUT2D eigenvalue weighted by Crippen LogP contribution is -2.47. The van der Waals surface area contributed by atoms with E-state index in [1.165, 1.54) is 0 Å². The molecule has 1 saturated heterocycles. The van der Waals surface area contributed by atoms with Gasteiger partial charge in [-0.15, -0.1) is 0 Å². The van der Waals surface area contributed by atoms with Gasteiger partial charge in [-0.05, 0) is 31.0 Å². The summed E-state index contributed by atoms with van der Waals surface area (Å²) in [5.74, 6) is 1.52. The fraction of sp³-hybridized carbons (Fsp3) is 0.667. The smallest absolute Gasteiger partial charge is 0.191 e. The molecule has 1 aliphatic heterocycles. The molecule has 0 radical (unpaired) electrons. The molecule has 8 nitrogen and oxygen atoms in total. The highest BCUT2D eigenvalue weighted by atomic mass is 16.5. The maximum Gasteiger partial charge on any atom is 0.191 e. The van der Waals surface area contributed by atoms with Crippen LogP contribution in [0.3, 0.4) is 0 Å². The third kappa shape index (κ3) is 9.94. The largest absolute Gasteiger partial charge is 0.497 e. The quantitative estimate of drug-likeness (QED) is 0.268. The number of benzene rings is 1. The van der Waals surface area contributed by atoms with E-state index in [0.717, 1.165) is 63.8 Å². The van der Waals surface area contributed by atoms with E-state index in [2.05, 4.69) is 20.5 Å². The molecular formula is C21H36N4O4. The molecule has 29 heavy (non-hydrogen) atoms. The summed E-state index contributed by atoms with van der Waals surface area (Å²) in [5, 5.41) is 17.0. The lowest BCUT2D eigenvalue weighted by atomic mass is 10.2. The zero-order valence-corrected chi connectivity index (χ0v) is 17.7. The number of nitrogens with one attached hydrogen (secondary N) is 2. The Labute approximate surface area is 174 Å². The van der Waals surface area contributed by atoms with Gasteiger partial charge in [0.05, 0.1) is 33.0 Å². The minimum atomic E-state index is -0.468. The van der Waals surface area contributed by atoms with Crippen LogP contribution in [0.1, 0.15) is 18.9 Å². The molecule has 0 bridgehead atoms. The Hall–Kier alpha value is -1.87. The van der Waals surface area contributed by atoms with Gasteiger partial charge in [-0.1, -0.05) is 12.1 Å². The van der Waals surface area contributed by atoms with Gasteiger partial charge in [0, 0.05) is 45.9 Å². The number of hydrogen-bond acceptors (Lipinski definition) is 6. The summed E-state index contributed by atoms with van der Waals surface area (Å²) < 4.78 is 15.9. The molecular weight excluding hydrogens is 372 g/mol. The number of nitrogens with zero attached hydrogens (tertiary/aromatic N) is 2. The number of methoxy groups -OCH3 is 1. The second kappa shape index (κ2) is 14.2. The monoisotopic (exact) mass is 408 g/mol. The number of aliphatic hydroxyl groups excluding tert-OH is 1. The maximum atomic E-state index is 10.4. The molecule has 1 atom stereocenters. The minimum absolute atomic E-state index is 0.442. The Bertz CT molecular complexity index is 577. The molecule has 8 heteroatoms. The van der Waals surface area contributed by atoms with E-state index in [1.807, 2.05) is 31.2 Å². The first-order valence-electron chi connectivity index (χ1n) is 10.4. The van der Waals surface area contributed by atoms with E-state index in [1.54, 1.807) is 7.11 Å². The van der Waals surface area contributed by atoms with E-state index < -0.39 is 6.10 Å². The molecule has 0 spiro atoms.